The molecule has 0 aliphatic heterocycles. The molecule has 0 atom stereocenters. The van der Waals surface area contributed by atoms with E-state index in [1.807, 2.05) is 0 Å². The molecule has 0 spiro atoms. The number of carboxylic acids is 1. The van der Waals surface area contributed by atoms with Crippen LogP contribution in [-0.2, 0) is 10.5 Å². The van der Waals surface area contributed by atoms with Crippen LogP contribution in [0, 0.1) is 0 Å². The molecule has 0 unspecified atom stereocenters. The van der Waals surface area contributed by atoms with Crippen molar-refractivity contribution in [1.29, 1.82) is 0 Å². The summed E-state index contributed by atoms with van der Waals surface area (Å²) in [7, 11) is 0. The molecule has 0 aromatic carbocycles. The lowest BCUT2D eigenvalue weighted by atomic mass is 10.5. The number of hydrogen-bond acceptors (Lipinski definition) is 3. The van der Waals surface area contributed by atoms with Crippen LogP contribution in [0.1, 0.15) is 18.8 Å². The van der Waals surface area contributed by atoms with Gasteiger partial charge in [0.05, 0.1) is 12.2 Å². The van der Waals surface area contributed by atoms with Gasteiger partial charge in [0.2, 0.25) is 0 Å². The highest BCUT2D eigenvalue weighted by Gasteiger charge is 2.10. The van der Waals surface area contributed by atoms with Crippen LogP contribution in [0.4, 0.5) is 8.78 Å². The predicted molar refractivity (Wildman–Crippen MR) is 51.9 cm³/mol. The predicted octanol–water partition coefficient (Wildman–Crippen LogP) is 1.99. The van der Waals surface area contributed by atoms with Crippen molar-refractivity contribution in [2.24, 2.45) is 0 Å². The van der Waals surface area contributed by atoms with E-state index < -0.39 is 12.5 Å². The van der Waals surface area contributed by atoms with E-state index in [-0.39, 0.29) is 12.2 Å². The Morgan fingerprint density at radius 1 is 1.67 bits per heavy atom. The van der Waals surface area contributed by atoms with Gasteiger partial charge in [-0.2, -0.15) is 20.5 Å². The summed E-state index contributed by atoms with van der Waals surface area (Å²) in [6, 6.07) is 0. The van der Waals surface area contributed by atoms with Gasteiger partial charge in [0.1, 0.15) is 5.82 Å². The lowest BCUT2D eigenvalue weighted by Gasteiger charge is -2.05. The van der Waals surface area contributed by atoms with Gasteiger partial charge >= 0.3 is 12.5 Å². The molecule has 4 nitrogen and oxygen atoms in total. The third-order valence-corrected chi connectivity index (χ3v) is 2.61. The molecule has 0 saturated carbocycles. The smallest absolute Gasteiger partial charge is 0.319 e. The molecule has 0 bridgehead atoms. The van der Waals surface area contributed by atoms with E-state index in [1.54, 1.807) is 0 Å². The minimum Gasteiger partial charge on any atom is -0.481 e. The maximum Gasteiger partial charge on any atom is 0.319 e. The fraction of sp³-hybridized carbons (Fsp3) is 0.500. The van der Waals surface area contributed by atoms with Gasteiger partial charge in [0.15, 0.2) is 0 Å². The highest BCUT2D eigenvalue weighted by molar-refractivity contribution is 7.98. The summed E-state index contributed by atoms with van der Waals surface area (Å²) in [5, 5.41) is 8.36. The van der Waals surface area contributed by atoms with Gasteiger partial charge in [-0.15, -0.1) is 0 Å². The summed E-state index contributed by atoms with van der Waals surface area (Å²) in [6.45, 7) is -2.59. The molecule has 0 saturated heterocycles. The standard InChI is InChI=1S/C8H10F2N2O2S/c9-8(10)12-3-2-11-6(12)5-15-4-1-7(13)14/h2-3,8H,1,4-5H2,(H,13,14). The first kappa shape index (κ1) is 12.0. The van der Waals surface area contributed by atoms with E-state index in [1.165, 1.54) is 24.2 Å². The van der Waals surface area contributed by atoms with E-state index in [2.05, 4.69) is 4.98 Å². The molecule has 0 amide bonds. The van der Waals surface area contributed by atoms with Crippen LogP contribution in [0.5, 0.6) is 0 Å². The first-order valence-corrected chi connectivity index (χ1v) is 5.36. The molecule has 1 aromatic rings. The average Bonchev–Trinajstić information content (AvgIpc) is 2.60. The van der Waals surface area contributed by atoms with Gasteiger partial charge < -0.3 is 5.11 Å². The van der Waals surface area contributed by atoms with E-state index >= 15 is 0 Å². The molecule has 0 radical (unpaired) electrons. The van der Waals surface area contributed by atoms with Crippen molar-refractivity contribution >= 4 is 17.7 Å². The molecule has 0 aliphatic rings. The van der Waals surface area contributed by atoms with Gasteiger partial charge in [-0.05, 0) is 0 Å². The minimum absolute atomic E-state index is 0.0278. The highest BCUT2D eigenvalue weighted by Crippen LogP contribution is 2.17. The number of alkyl halides is 2. The van der Waals surface area contributed by atoms with E-state index in [4.69, 9.17) is 5.11 Å². The third-order valence-electron chi connectivity index (χ3n) is 1.65. The van der Waals surface area contributed by atoms with Crippen molar-refractivity contribution in [1.82, 2.24) is 9.55 Å². The van der Waals surface area contributed by atoms with Gasteiger partial charge in [-0.25, -0.2) is 4.98 Å². The maximum atomic E-state index is 12.3. The van der Waals surface area contributed by atoms with E-state index in [9.17, 15) is 13.6 Å². The van der Waals surface area contributed by atoms with Crippen LogP contribution in [0.15, 0.2) is 12.4 Å². The largest absolute Gasteiger partial charge is 0.481 e. The Hall–Kier alpha value is -1.11. The Kier molecular flexibility index (Phi) is 4.54. The number of carboxylic acid groups (broad SMARTS) is 1. The molecule has 1 aromatic heterocycles. The van der Waals surface area contributed by atoms with Crippen molar-refractivity contribution in [3.8, 4) is 0 Å². The van der Waals surface area contributed by atoms with Crippen LogP contribution in [0.25, 0.3) is 0 Å². The Morgan fingerprint density at radius 3 is 3.00 bits per heavy atom. The van der Waals surface area contributed by atoms with Crippen LogP contribution in [0.3, 0.4) is 0 Å². The van der Waals surface area contributed by atoms with Crippen molar-refractivity contribution < 1.29 is 18.7 Å². The SMILES string of the molecule is O=C(O)CCSCc1nccn1C(F)F. The molecule has 84 valence electrons. The quantitative estimate of drug-likeness (QED) is 0.767. The van der Waals surface area contributed by atoms with Crippen molar-refractivity contribution in [3.63, 3.8) is 0 Å². The lowest BCUT2D eigenvalue weighted by Crippen LogP contribution is -2.03. The fourth-order valence-electron chi connectivity index (χ4n) is 0.956. The van der Waals surface area contributed by atoms with Gasteiger partial charge in [-0.3, -0.25) is 9.36 Å². The summed E-state index contributed by atoms with van der Waals surface area (Å²) in [5.74, 6) is 0.0656. The first-order chi connectivity index (χ1) is 7.11. The zero-order valence-electron chi connectivity index (χ0n) is 7.77. The molecule has 0 fully saturated rings. The Balaban J connectivity index is 2.37. The second-order valence-corrected chi connectivity index (χ2v) is 3.83. The third kappa shape index (κ3) is 3.86. The zero-order chi connectivity index (χ0) is 11.3. The monoisotopic (exact) mass is 236 g/mol. The molecule has 7 heteroatoms. The molecular formula is C8H10F2N2O2S. The van der Waals surface area contributed by atoms with Crippen LogP contribution >= 0.6 is 11.8 Å². The van der Waals surface area contributed by atoms with Crippen LogP contribution in [0.2, 0.25) is 0 Å². The first-order valence-electron chi connectivity index (χ1n) is 4.20. The second-order valence-electron chi connectivity index (χ2n) is 2.72. The summed E-state index contributed by atoms with van der Waals surface area (Å²) >= 11 is 1.27. The number of aromatic nitrogens is 2. The molecular weight excluding hydrogens is 226 g/mol. The summed E-state index contributed by atoms with van der Waals surface area (Å²) in [6.07, 6.45) is 2.54. The second kappa shape index (κ2) is 5.69. The average molecular weight is 236 g/mol. The minimum atomic E-state index is -2.59. The van der Waals surface area contributed by atoms with Crippen molar-refractivity contribution in [2.45, 2.75) is 18.7 Å². The van der Waals surface area contributed by atoms with Gasteiger partial charge in [-0.1, -0.05) is 0 Å². The summed E-state index contributed by atoms with van der Waals surface area (Å²) < 4.78 is 25.4. The Morgan fingerprint density at radius 2 is 2.40 bits per heavy atom. The van der Waals surface area contributed by atoms with Crippen molar-refractivity contribution in [2.75, 3.05) is 5.75 Å². The highest BCUT2D eigenvalue weighted by atomic mass is 32.2. The number of thioether (sulfide) groups is 1. The van der Waals surface area contributed by atoms with E-state index in [0.29, 0.717) is 11.5 Å². The van der Waals surface area contributed by atoms with E-state index in [0.717, 1.165) is 4.57 Å². The number of halogens is 2. The summed E-state index contributed by atoms with van der Waals surface area (Å²) in [5.41, 5.74) is 0. The Bertz CT molecular complexity index is 330. The number of rotatable bonds is 6. The number of aliphatic carboxylic acids is 1. The lowest BCUT2D eigenvalue weighted by molar-refractivity contribution is -0.136. The van der Waals surface area contributed by atoms with Gasteiger partial charge in [0.25, 0.3) is 0 Å². The number of imidazole rings is 1. The zero-order valence-corrected chi connectivity index (χ0v) is 8.58. The fourth-order valence-corrected chi connectivity index (χ4v) is 1.83. The number of carbonyl (C=O) groups is 1. The Labute approximate surface area is 89.3 Å². The topological polar surface area (TPSA) is 55.1 Å². The molecule has 1 N–H and O–H groups in total. The normalized spacial score (nSPS) is 10.9. The maximum absolute atomic E-state index is 12.3. The molecule has 1 heterocycles. The number of nitrogens with zero attached hydrogens (tertiary/aromatic N) is 2. The molecule has 1 rings (SSSR count). The number of hydrogen-bond donors (Lipinski definition) is 1. The molecule has 0 aliphatic carbocycles. The van der Waals surface area contributed by atoms with Crippen LogP contribution in [-0.4, -0.2) is 26.4 Å². The van der Waals surface area contributed by atoms with Crippen molar-refractivity contribution in [3.05, 3.63) is 18.2 Å². The molecule has 15 heavy (non-hydrogen) atoms. The summed E-state index contributed by atoms with van der Waals surface area (Å²) in [4.78, 5) is 14.0. The van der Waals surface area contributed by atoms with Crippen LogP contribution < -0.4 is 0 Å². The van der Waals surface area contributed by atoms with Gasteiger partial charge in [0, 0.05) is 18.1 Å².